The quantitative estimate of drug-likeness (QED) is 0.890. The van der Waals surface area contributed by atoms with Gasteiger partial charge in [0.15, 0.2) is 11.6 Å². The summed E-state index contributed by atoms with van der Waals surface area (Å²) in [6.07, 6.45) is 2.21. The van der Waals surface area contributed by atoms with Crippen molar-refractivity contribution in [1.82, 2.24) is 10.2 Å². The van der Waals surface area contributed by atoms with Crippen LogP contribution in [0.3, 0.4) is 0 Å². The standard InChI is InChI=1S/C15H23FN2O.2ClH/c1-3-4-14(18-9-7-17-8-10-18)12-5-6-13(16)15(11-12)19-2;;/h5-6,11,14,17H,3-4,7-10H2,1-2H3;2*1H/t14-;;/m1../s1. The summed E-state index contributed by atoms with van der Waals surface area (Å²) in [7, 11) is 1.52. The zero-order valence-electron chi connectivity index (χ0n) is 12.6. The summed E-state index contributed by atoms with van der Waals surface area (Å²) in [4.78, 5) is 2.48. The van der Waals surface area contributed by atoms with Gasteiger partial charge in [0.25, 0.3) is 0 Å². The van der Waals surface area contributed by atoms with Crippen LogP contribution in [-0.4, -0.2) is 38.2 Å². The second-order valence-corrected chi connectivity index (χ2v) is 4.98. The summed E-state index contributed by atoms with van der Waals surface area (Å²) < 4.78 is 18.6. The number of benzene rings is 1. The highest BCUT2D eigenvalue weighted by Crippen LogP contribution is 2.29. The van der Waals surface area contributed by atoms with Crippen molar-refractivity contribution in [2.45, 2.75) is 25.8 Å². The highest BCUT2D eigenvalue weighted by Gasteiger charge is 2.22. The van der Waals surface area contributed by atoms with Crippen LogP contribution in [0.1, 0.15) is 31.4 Å². The molecule has 1 aromatic carbocycles. The fraction of sp³-hybridized carbons (Fsp3) is 0.600. The van der Waals surface area contributed by atoms with E-state index in [-0.39, 0.29) is 30.6 Å². The van der Waals surface area contributed by atoms with E-state index in [1.807, 2.05) is 12.1 Å². The molecule has 0 radical (unpaired) electrons. The minimum absolute atomic E-state index is 0. The average molecular weight is 339 g/mol. The number of rotatable bonds is 5. The summed E-state index contributed by atoms with van der Waals surface area (Å²) in [5.41, 5.74) is 1.15. The molecule has 21 heavy (non-hydrogen) atoms. The molecular formula is C15H25Cl2FN2O. The van der Waals surface area contributed by atoms with E-state index in [9.17, 15) is 4.39 Å². The van der Waals surface area contributed by atoms with Gasteiger partial charge in [0.2, 0.25) is 0 Å². The van der Waals surface area contributed by atoms with E-state index in [1.165, 1.54) is 13.2 Å². The number of hydrogen-bond acceptors (Lipinski definition) is 3. The van der Waals surface area contributed by atoms with Gasteiger partial charge in [-0.1, -0.05) is 19.4 Å². The van der Waals surface area contributed by atoms with E-state index < -0.39 is 0 Å². The third kappa shape index (κ3) is 5.29. The van der Waals surface area contributed by atoms with Crippen molar-refractivity contribution in [3.05, 3.63) is 29.6 Å². The Morgan fingerprint density at radius 2 is 1.95 bits per heavy atom. The van der Waals surface area contributed by atoms with Crippen molar-refractivity contribution in [2.24, 2.45) is 0 Å². The summed E-state index contributed by atoms with van der Waals surface area (Å²) in [5.74, 6) is 0.0514. The molecule has 2 rings (SSSR count). The van der Waals surface area contributed by atoms with Crippen LogP contribution < -0.4 is 10.1 Å². The van der Waals surface area contributed by atoms with Gasteiger partial charge in [-0.25, -0.2) is 4.39 Å². The monoisotopic (exact) mass is 338 g/mol. The predicted molar refractivity (Wildman–Crippen MR) is 89.5 cm³/mol. The molecule has 0 amide bonds. The van der Waals surface area contributed by atoms with E-state index in [1.54, 1.807) is 0 Å². The van der Waals surface area contributed by atoms with E-state index in [0.29, 0.717) is 11.8 Å². The Labute approximate surface area is 139 Å². The number of halogens is 3. The van der Waals surface area contributed by atoms with Gasteiger partial charge in [-0.15, -0.1) is 24.8 Å². The van der Waals surface area contributed by atoms with Crippen molar-refractivity contribution in [3.8, 4) is 5.75 Å². The highest BCUT2D eigenvalue weighted by atomic mass is 35.5. The number of nitrogens with one attached hydrogen (secondary N) is 1. The Morgan fingerprint density at radius 1 is 1.29 bits per heavy atom. The van der Waals surface area contributed by atoms with Crippen molar-refractivity contribution in [1.29, 1.82) is 0 Å². The molecule has 0 unspecified atom stereocenters. The highest BCUT2D eigenvalue weighted by molar-refractivity contribution is 5.85. The van der Waals surface area contributed by atoms with E-state index in [2.05, 4.69) is 17.1 Å². The van der Waals surface area contributed by atoms with Gasteiger partial charge >= 0.3 is 0 Å². The largest absolute Gasteiger partial charge is 0.494 e. The fourth-order valence-corrected chi connectivity index (χ4v) is 2.71. The van der Waals surface area contributed by atoms with Crippen molar-refractivity contribution < 1.29 is 9.13 Å². The molecule has 1 heterocycles. The van der Waals surface area contributed by atoms with Crippen LogP contribution in [0, 0.1) is 5.82 Å². The normalized spacial score (nSPS) is 16.5. The maximum absolute atomic E-state index is 13.5. The SMILES string of the molecule is CCC[C@H](c1ccc(F)c(OC)c1)N1CCNCC1.Cl.Cl. The van der Waals surface area contributed by atoms with Gasteiger partial charge in [0.05, 0.1) is 7.11 Å². The Balaban J connectivity index is 0.00000200. The molecule has 0 bridgehead atoms. The van der Waals surface area contributed by atoms with Gasteiger partial charge in [0.1, 0.15) is 0 Å². The fourth-order valence-electron chi connectivity index (χ4n) is 2.71. The molecule has 0 spiro atoms. The molecule has 1 aromatic rings. The molecule has 122 valence electrons. The van der Waals surface area contributed by atoms with E-state index >= 15 is 0 Å². The lowest BCUT2D eigenvalue weighted by Gasteiger charge is -2.35. The summed E-state index contributed by atoms with van der Waals surface area (Å²) in [6.45, 7) is 6.34. The lowest BCUT2D eigenvalue weighted by molar-refractivity contribution is 0.164. The molecular weight excluding hydrogens is 314 g/mol. The number of ether oxygens (including phenoxy) is 1. The topological polar surface area (TPSA) is 24.5 Å². The van der Waals surface area contributed by atoms with Gasteiger partial charge in [-0.05, 0) is 24.1 Å². The second kappa shape index (κ2) is 10.2. The van der Waals surface area contributed by atoms with Crippen LogP contribution >= 0.6 is 24.8 Å². The molecule has 1 aliphatic heterocycles. The predicted octanol–water partition coefficient (Wildman–Crippen LogP) is 3.42. The zero-order chi connectivity index (χ0) is 13.7. The van der Waals surface area contributed by atoms with Crippen molar-refractivity contribution in [3.63, 3.8) is 0 Å². The summed E-state index contributed by atoms with van der Waals surface area (Å²) in [6, 6.07) is 5.61. The Bertz CT molecular complexity index is 415. The van der Waals surface area contributed by atoms with Crippen LogP contribution in [0.15, 0.2) is 18.2 Å². The first kappa shape index (κ1) is 20.5. The Morgan fingerprint density at radius 3 is 2.52 bits per heavy atom. The molecule has 6 heteroatoms. The molecule has 0 aliphatic carbocycles. The minimum Gasteiger partial charge on any atom is -0.494 e. The molecule has 1 fully saturated rings. The van der Waals surface area contributed by atoms with Crippen molar-refractivity contribution >= 4 is 24.8 Å². The number of hydrogen-bond donors (Lipinski definition) is 1. The molecule has 1 aliphatic rings. The lowest BCUT2D eigenvalue weighted by atomic mass is 9.99. The maximum atomic E-state index is 13.5. The minimum atomic E-state index is -0.290. The van der Waals surface area contributed by atoms with E-state index in [0.717, 1.165) is 44.6 Å². The molecule has 0 aromatic heterocycles. The summed E-state index contributed by atoms with van der Waals surface area (Å²) >= 11 is 0. The van der Waals surface area contributed by atoms with Crippen LogP contribution in [0.5, 0.6) is 5.75 Å². The van der Waals surface area contributed by atoms with Crippen molar-refractivity contribution in [2.75, 3.05) is 33.3 Å². The molecule has 1 saturated heterocycles. The lowest BCUT2D eigenvalue weighted by Crippen LogP contribution is -2.45. The smallest absolute Gasteiger partial charge is 0.165 e. The number of piperazine rings is 1. The van der Waals surface area contributed by atoms with Gasteiger partial charge in [0, 0.05) is 32.2 Å². The molecule has 1 atom stereocenters. The first-order chi connectivity index (χ1) is 9.26. The van der Waals surface area contributed by atoms with Gasteiger partial charge in [-0.3, -0.25) is 4.90 Å². The number of methoxy groups -OCH3 is 1. The number of nitrogens with zero attached hydrogens (tertiary/aromatic N) is 1. The first-order valence-corrected chi connectivity index (χ1v) is 7.04. The Hall–Kier alpha value is -0.550. The van der Waals surface area contributed by atoms with Gasteiger partial charge in [-0.2, -0.15) is 0 Å². The van der Waals surface area contributed by atoms with E-state index in [4.69, 9.17) is 4.74 Å². The maximum Gasteiger partial charge on any atom is 0.165 e. The third-order valence-electron chi connectivity index (χ3n) is 3.71. The van der Waals surface area contributed by atoms with Crippen LogP contribution in [-0.2, 0) is 0 Å². The second-order valence-electron chi connectivity index (χ2n) is 4.98. The van der Waals surface area contributed by atoms with Gasteiger partial charge < -0.3 is 10.1 Å². The molecule has 1 N–H and O–H groups in total. The Kier molecular flexibility index (Phi) is 9.95. The molecule has 3 nitrogen and oxygen atoms in total. The third-order valence-corrected chi connectivity index (χ3v) is 3.71. The summed E-state index contributed by atoms with van der Waals surface area (Å²) in [5, 5.41) is 3.37. The van der Waals surface area contributed by atoms with Crippen LogP contribution in [0.4, 0.5) is 4.39 Å². The van der Waals surface area contributed by atoms with Crippen LogP contribution in [0.25, 0.3) is 0 Å². The van der Waals surface area contributed by atoms with Crippen LogP contribution in [0.2, 0.25) is 0 Å². The molecule has 0 saturated carbocycles. The zero-order valence-corrected chi connectivity index (χ0v) is 14.2. The first-order valence-electron chi connectivity index (χ1n) is 7.04. The average Bonchev–Trinajstić information content (AvgIpc) is 2.46.